The topological polar surface area (TPSA) is 75.5 Å². The number of carbonyl (C=O) groups is 1. The molecule has 0 bridgehead atoms. The molecule has 4 rings (SSSR count). The fraction of sp³-hybridized carbons (Fsp3) is 0.316. The van der Waals surface area contributed by atoms with Gasteiger partial charge in [0.05, 0.1) is 26.2 Å². The molecule has 0 atom stereocenters. The van der Waals surface area contributed by atoms with Gasteiger partial charge < -0.3 is 14.4 Å². The number of carbonyl (C=O) groups excluding carboxylic acids is 1. The molecule has 0 N–H and O–H groups in total. The Labute approximate surface area is 153 Å². The summed E-state index contributed by atoms with van der Waals surface area (Å²) in [5, 5.41) is 9.08. The lowest BCUT2D eigenvalue weighted by atomic mass is 9.86. The number of hydrogen-bond acceptors (Lipinski definition) is 5. The van der Waals surface area contributed by atoms with E-state index in [1.165, 1.54) is 20.4 Å². The normalized spacial score (nSPS) is 16.7. The van der Waals surface area contributed by atoms with Crippen molar-refractivity contribution in [3.05, 3.63) is 46.8 Å². The molecule has 1 aromatic carbocycles. The number of methoxy groups -OCH3 is 2. The smallest absolute Gasteiger partial charge is 0.238 e. The lowest BCUT2D eigenvalue weighted by molar-refractivity contribution is -0.121. The summed E-state index contributed by atoms with van der Waals surface area (Å²) in [6.07, 6.45) is 2.59. The third-order valence-electron chi connectivity index (χ3n) is 5.17. The highest BCUT2D eigenvalue weighted by Gasteiger charge is 2.57. The molecular formula is C19H15F2N3O3. The minimum Gasteiger partial charge on any atom is -0.493 e. The minimum atomic E-state index is -0.968. The first kappa shape index (κ1) is 17.2. The van der Waals surface area contributed by atoms with Crippen LogP contribution in [0.25, 0.3) is 0 Å². The van der Waals surface area contributed by atoms with Crippen molar-refractivity contribution in [1.29, 1.82) is 5.26 Å². The van der Waals surface area contributed by atoms with E-state index in [9.17, 15) is 13.6 Å². The van der Waals surface area contributed by atoms with Crippen molar-refractivity contribution in [2.24, 2.45) is 0 Å². The Morgan fingerprint density at radius 1 is 1.19 bits per heavy atom. The number of amides is 1. The second-order valence-corrected chi connectivity index (χ2v) is 6.57. The van der Waals surface area contributed by atoms with Crippen molar-refractivity contribution in [1.82, 2.24) is 4.98 Å². The zero-order chi connectivity index (χ0) is 19.3. The average molecular weight is 371 g/mol. The molecule has 1 fully saturated rings. The van der Waals surface area contributed by atoms with Crippen LogP contribution in [-0.2, 0) is 16.8 Å². The van der Waals surface area contributed by atoms with Gasteiger partial charge in [0, 0.05) is 12.3 Å². The van der Waals surface area contributed by atoms with Crippen LogP contribution in [0, 0.1) is 23.0 Å². The maximum absolute atomic E-state index is 14.9. The van der Waals surface area contributed by atoms with Crippen LogP contribution in [-0.4, -0.2) is 25.1 Å². The summed E-state index contributed by atoms with van der Waals surface area (Å²) in [7, 11) is 2.51. The van der Waals surface area contributed by atoms with Gasteiger partial charge in [-0.3, -0.25) is 4.79 Å². The van der Waals surface area contributed by atoms with E-state index >= 15 is 0 Å². The fourth-order valence-corrected chi connectivity index (χ4v) is 3.63. The van der Waals surface area contributed by atoms with Crippen LogP contribution in [0.5, 0.6) is 11.5 Å². The van der Waals surface area contributed by atoms with Gasteiger partial charge >= 0.3 is 0 Å². The average Bonchev–Trinajstić information content (AvgIpc) is 3.47. The van der Waals surface area contributed by atoms with Crippen molar-refractivity contribution in [3.8, 4) is 17.6 Å². The number of nitriles is 1. The molecule has 1 spiro atoms. The van der Waals surface area contributed by atoms with Crippen molar-refractivity contribution < 1.29 is 23.0 Å². The summed E-state index contributed by atoms with van der Waals surface area (Å²) in [6.45, 7) is -0.0568. The van der Waals surface area contributed by atoms with Crippen molar-refractivity contribution in [2.45, 2.75) is 24.8 Å². The van der Waals surface area contributed by atoms with Crippen LogP contribution in [0.1, 0.15) is 29.7 Å². The van der Waals surface area contributed by atoms with E-state index in [2.05, 4.69) is 4.98 Å². The quantitative estimate of drug-likeness (QED) is 0.829. The molecular weight excluding hydrogens is 356 g/mol. The second-order valence-electron chi connectivity index (χ2n) is 6.57. The van der Waals surface area contributed by atoms with E-state index < -0.39 is 28.6 Å². The van der Waals surface area contributed by atoms with E-state index in [-0.39, 0.29) is 23.7 Å². The van der Waals surface area contributed by atoms with E-state index in [4.69, 9.17) is 14.7 Å². The number of hydrogen-bond donors (Lipinski definition) is 0. The van der Waals surface area contributed by atoms with E-state index in [1.807, 2.05) is 6.07 Å². The van der Waals surface area contributed by atoms with Gasteiger partial charge in [-0.2, -0.15) is 5.26 Å². The summed E-state index contributed by atoms with van der Waals surface area (Å²) in [5.41, 5.74) is 0.217. The monoisotopic (exact) mass is 371 g/mol. The Balaban J connectivity index is 1.90. The number of pyridine rings is 1. The standard InChI is InChI=1S/C19H15F2N3O3/c1-26-13-6-14(27-2)16(21)17(15(13)20)24-9-10-8-23-11(7-22)5-12(10)19(3-4-19)18(24)25/h5-6,8H,3-4,9H2,1-2H3. The SMILES string of the molecule is COc1cc(OC)c(F)c(N2Cc3cnc(C#N)cc3C3(CC3)C2=O)c1F. The van der Waals surface area contributed by atoms with Crippen molar-refractivity contribution in [2.75, 3.05) is 19.1 Å². The van der Waals surface area contributed by atoms with Crippen LogP contribution in [0.4, 0.5) is 14.5 Å². The molecule has 1 amide bonds. The number of nitrogens with zero attached hydrogens (tertiary/aromatic N) is 3. The van der Waals surface area contributed by atoms with Gasteiger partial charge in [0.25, 0.3) is 0 Å². The van der Waals surface area contributed by atoms with Gasteiger partial charge in [-0.05, 0) is 30.0 Å². The molecule has 1 aliphatic heterocycles. The van der Waals surface area contributed by atoms with Crippen LogP contribution >= 0.6 is 0 Å². The molecule has 0 unspecified atom stereocenters. The summed E-state index contributed by atoms with van der Waals surface area (Å²) < 4.78 is 39.7. The third kappa shape index (κ3) is 2.35. The van der Waals surface area contributed by atoms with E-state index in [0.29, 0.717) is 24.0 Å². The number of ether oxygens (including phenoxy) is 2. The number of aromatic nitrogens is 1. The largest absolute Gasteiger partial charge is 0.493 e. The Hall–Kier alpha value is -3.21. The highest BCUT2D eigenvalue weighted by molar-refractivity contribution is 6.05. The number of anilines is 1. The minimum absolute atomic E-state index is 0.0568. The second kappa shape index (κ2) is 5.91. The summed E-state index contributed by atoms with van der Waals surface area (Å²) >= 11 is 0. The highest BCUT2D eigenvalue weighted by Crippen LogP contribution is 2.54. The van der Waals surface area contributed by atoms with Gasteiger partial charge in [-0.15, -0.1) is 0 Å². The zero-order valence-corrected chi connectivity index (χ0v) is 14.7. The number of halogens is 2. The van der Waals surface area contributed by atoms with Gasteiger partial charge in [-0.25, -0.2) is 13.8 Å². The lowest BCUT2D eigenvalue weighted by Gasteiger charge is -2.35. The number of rotatable bonds is 3. The molecule has 2 heterocycles. The first-order valence-corrected chi connectivity index (χ1v) is 8.28. The molecule has 6 nitrogen and oxygen atoms in total. The molecule has 8 heteroatoms. The maximum Gasteiger partial charge on any atom is 0.238 e. The van der Waals surface area contributed by atoms with E-state index in [1.54, 1.807) is 6.07 Å². The Bertz CT molecular complexity index is 984. The first-order chi connectivity index (χ1) is 13.0. The zero-order valence-electron chi connectivity index (χ0n) is 14.7. The fourth-order valence-electron chi connectivity index (χ4n) is 3.63. The van der Waals surface area contributed by atoms with E-state index in [0.717, 1.165) is 11.0 Å². The molecule has 0 radical (unpaired) electrons. The van der Waals surface area contributed by atoms with Crippen LogP contribution in [0.3, 0.4) is 0 Å². The van der Waals surface area contributed by atoms with Crippen molar-refractivity contribution >= 4 is 11.6 Å². The lowest BCUT2D eigenvalue weighted by Crippen LogP contribution is -2.45. The van der Waals surface area contributed by atoms with Crippen LogP contribution in [0.15, 0.2) is 18.3 Å². The van der Waals surface area contributed by atoms with Crippen LogP contribution < -0.4 is 14.4 Å². The van der Waals surface area contributed by atoms with Gasteiger partial charge in [0.2, 0.25) is 5.91 Å². The summed E-state index contributed by atoms with van der Waals surface area (Å²) in [5.74, 6) is -2.78. The van der Waals surface area contributed by atoms with Gasteiger partial charge in [0.15, 0.2) is 23.1 Å². The Morgan fingerprint density at radius 2 is 1.81 bits per heavy atom. The molecule has 1 aromatic heterocycles. The maximum atomic E-state index is 14.9. The van der Waals surface area contributed by atoms with Crippen molar-refractivity contribution in [3.63, 3.8) is 0 Å². The van der Waals surface area contributed by atoms with Gasteiger partial charge in [-0.1, -0.05) is 0 Å². The molecule has 1 saturated carbocycles. The molecule has 2 aliphatic rings. The number of fused-ring (bicyclic) bond motifs is 2. The predicted octanol–water partition coefficient (Wildman–Crippen LogP) is 2.83. The Morgan fingerprint density at radius 3 is 2.33 bits per heavy atom. The molecule has 138 valence electrons. The molecule has 27 heavy (non-hydrogen) atoms. The van der Waals surface area contributed by atoms with Crippen LogP contribution in [0.2, 0.25) is 0 Å². The first-order valence-electron chi connectivity index (χ1n) is 8.28. The summed E-state index contributed by atoms with van der Waals surface area (Å²) in [6, 6.07) is 4.65. The van der Waals surface area contributed by atoms with Gasteiger partial charge in [0.1, 0.15) is 17.5 Å². The third-order valence-corrected chi connectivity index (χ3v) is 5.17. The predicted molar refractivity (Wildman–Crippen MR) is 90.5 cm³/mol. The highest BCUT2D eigenvalue weighted by atomic mass is 19.1. The molecule has 0 saturated heterocycles. The summed E-state index contributed by atoms with van der Waals surface area (Å²) in [4.78, 5) is 18.3. The molecule has 1 aliphatic carbocycles. The molecule has 2 aromatic rings. The number of benzene rings is 1. The Kier molecular flexibility index (Phi) is 3.77.